The van der Waals surface area contributed by atoms with Crippen molar-refractivity contribution in [3.05, 3.63) is 20.8 Å². The number of hydrogen-bond acceptors (Lipinski definition) is 3. The number of thiophene rings is 1. The fourth-order valence-corrected chi connectivity index (χ4v) is 2.30. The van der Waals surface area contributed by atoms with Gasteiger partial charge in [0.1, 0.15) is 6.29 Å². The molecule has 0 aliphatic carbocycles. The van der Waals surface area contributed by atoms with E-state index in [0.717, 1.165) is 14.9 Å². The van der Waals surface area contributed by atoms with Gasteiger partial charge in [-0.3, -0.25) is 0 Å². The molecule has 11 heavy (non-hydrogen) atoms. The summed E-state index contributed by atoms with van der Waals surface area (Å²) in [6.07, 6.45) is 1.41. The Kier molecular flexibility index (Phi) is 3.23. The Bertz CT molecular complexity index is 248. The first kappa shape index (κ1) is 8.90. The first-order valence-corrected chi connectivity index (χ1v) is 4.78. The van der Waals surface area contributed by atoms with Gasteiger partial charge in [0.2, 0.25) is 0 Å². The van der Waals surface area contributed by atoms with Crippen molar-refractivity contribution in [3.63, 3.8) is 0 Å². The van der Waals surface area contributed by atoms with E-state index in [1.165, 1.54) is 0 Å². The minimum absolute atomic E-state index is 0.361. The molecule has 1 aromatic rings. The molecule has 1 rings (SSSR count). The molecule has 0 radical (unpaired) electrons. The van der Waals surface area contributed by atoms with Crippen molar-refractivity contribution in [2.45, 2.75) is 12.5 Å². The van der Waals surface area contributed by atoms with Gasteiger partial charge in [-0.05, 0) is 28.1 Å². The number of hydrogen-bond donors (Lipinski definition) is 1. The van der Waals surface area contributed by atoms with E-state index in [-0.39, 0.29) is 6.04 Å². The van der Waals surface area contributed by atoms with E-state index in [0.29, 0.717) is 6.42 Å². The summed E-state index contributed by atoms with van der Waals surface area (Å²) in [6, 6.07) is 3.57. The molecule has 1 atom stereocenters. The van der Waals surface area contributed by atoms with Gasteiger partial charge in [-0.25, -0.2) is 0 Å². The van der Waals surface area contributed by atoms with Crippen molar-refractivity contribution in [3.8, 4) is 0 Å². The Morgan fingerprint density at radius 1 is 1.73 bits per heavy atom. The first-order valence-electron chi connectivity index (χ1n) is 3.17. The van der Waals surface area contributed by atoms with E-state index >= 15 is 0 Å². The van der Waals surface area contributed by atoms with Crippen LogP contribution in [-0.4, -0.2) is 12.3 Å². The van der Waals surface area contributed by atoms with Crippen LogP contribution in [0.25, 0.3) is 0 Å². The van der Waals surface area contributed by atoms with Crippen molar-refractivity contribution in [1.82, 2.24) is 0 Å². The largest absolute Gasteiger partial charge is 0.321 e. The van der Waals surface area contributed by atoms with Gasteiger partial charge in [-0.2, -0.15) is 0 Å². The zero-order chi connectivity index (χ0) is 8.27. The number of nitrogens with two attached hydrogens (primary N) is 1. The molecule has 4 heteroatoms. The maximum absolute atomic E-state index is 10.2. The Labute approximate surface area is 77.5 Å². The smallest absolute Gasteiger partial charge is 0.137 e. The highest BCUT2D eigenvalue weighted by Crippen LogP contribution is 2.22. The molecule has 2 N–H and O–H groups in total. The van der Waals surface area contributed by atoms with E-state index in [4.69, 9.17) is 5.73 Å². The van der Waals surface area contributed by atoms with Gasteiger partial charge in [0.15, 0.2) is 0 Å². The van der Waals surface area contributed by atoms with Crippen LogP contribution in [-0.2, 0) is 11.2 Å². The van der Waals surface area contributed by atoms with Gasteiger partial charge < -0.3 is 10.5 Å². The van der Waals surface area contributed by atoms with Crippen LogP contribution in [0.3, 0.4) is 0 Å². The average Bonchev–Trinajstić information content (AvgIpc) is 2.35. The zero-order valence-corrected chi connectivity index (χ0v) is 8.19. The second-order valence-corrected chi connectivity index (χ2v) is 4.76. The molecule has 0 aromatic carbocycles. The maximum Gasteiger partial charge on any atom is 0.137 e. The van der Waals surface area contributed by atoms with Crippen molar-refractivity contribution in [1.29, 1.82) is 0 Å². The third-order valence-corrected chi connectivity index (χ3v) is 2.89. The summed E-state index contributed by atoms with van der Waals surface area (Å²) in [5.41, 5.74) is 5.44. The maximum atomic E-state index is 10.2. The fourth-order valence-electron chi connectivity index (χ4n) is 0.742. The molecule has 2 nitrogen and oxygen atoms in total. The normalized spacial score (nSPS) is 12.9. The highest BCUT2D eigenvalue weighted by atomic mass is 79.9. The van der Waals surface area contributed by atoms with Crippen LogP contribution in [0.2, 0.25) is 0 Å². The average molecular weight is 234 g/mol. The van der Waals surface area contributed by atoms with Gasteiger partial charge in [0, 0.05) is 11.3 Å². The molecular formula is C7H8BrNOS. The number of aldehydes is 1. The molecule has 0 saturated carbocycles. The van der Waals surface area contributed by atoms with E-state index < -0.39 is 0 Å². The van der Waals surface area contributed by atoms with Gasteiger partial charge in [0.25, 0.3) is 0 Å². The predicted molar refractivity (Wildman–Crippen MR) is 49.8 cm³/mol. The molecule has 0 saturated heterocycles. The molecule has 1 aromatic heterocycles. The molecule has 0 aliphatic heterocycles. The Balaban J connectivity index is 2.57. The lowest BCUT2D eigenvalue weighted by Gasteiger charge is -1.98. The summed E-state index contributed by atoms with van der Waals surface area (Å²) in [5, 5.41) is 0. The number of rotatable bonds is 3. The minimum Gasteiger partial charge on any atom is -0.321 e. The molecule has 0 aliphatic rings. The predicted octanol–water partition coefficient (Wildman–Crippen LogP) is 1.58. The first-order chi connectivity index (χ1) is 5.22. The highest BCUT2D eigenvalue weighted by Gasteiger charge is 2.03. The summed E-state index contributed by atoms with van der Waals surface area (Å²) in [5.74, 6) is 0. The highest BCUT2D eigenvalue weighted by molar-refractivity contribution is 9.11. The molecule has 0 amide bonds. The van der Waals surface area contributed by atoms with Gasteiger partial charge in [-0.1, -0.05) is 0 Å². The molecule has 0 spiro atoms. The van der Waals surface area contributed by atoms with Gasteiger partial charge in [-0.15, -0.1) is 11.3 Å². The number of halogens is 1. The molecule has 0 unspecified atom stereocenters. The third kappa shape index (κ3) is 2.73. The topological polar surface area (TPSA) is 43.1 Å². The lowest BCUT2D eigenvalue weighted by Crippen LogP contribution is -2.23. The lowest BCUT2D eigenvalue weighted by molar-refractivity contribution is -0.108. The summed E-state index contributed by atoms with van der Waals surface area (Å²) < 4.78 is 1.07. The van der Waals surface area contributed by atoms with Gasteiger partial charge >= 0.3 is 0 Å². The zero-order valence-electron chi connectivity index (χ0n) is 5.79. The van der Waals surface area contributed by atoms with Crippen LogP contribution in [0.5, 0.6) is 0 Å². The lowest BCUT2D eigenvalue weighted by atomic mass is 10.2. The second-order valence-electron chi connectivity index (χ2n) is 2.21. The third-order valence-electron chi connectivity index (χ3n) is 1.24. The van der Waals surface area contributed by atoms with Crippen LogP contribution in [0.15, 0.2) is 15.9 Å². The molecular weight excluding hydrogens is 226 g/mol. The molecule has 1 heterocycles. The van der Waals surface area contributed by atoms with Crippen LogP contribution in [0.1, 0.15) is 4.88 Å². The Hall–Kier alpha value is -0.190. The summed E-state index contributed by atoms with van der Waals surface area (Å²) >= 11 is 4.94. The van der Waals surface area contributed by atoms with E-state index in [1.54, 1.807) is 11.3 Å². The fraction of sp³-hybridized carbons (Fsp3) is 0.286. The quantitative estimate of drug-likeness (QED) is 0.807. The van der Waals surface area contributed by atoms with Crippen molar-refractivity contribution in [2.24, 2.45) is 5.73 Å². The van der Waals surface area contributed by atoms with Crippen LogP contribution < -0.4 is 5.73 Å². The molecule has 60 valence electrons. The summed E-state index contributed by atoms with van der Waals surface area (Å²) in [6.45, 7) is 0. The van der Waals surface area contributed by atoms with Crippen LogP contribution in [0.4, 0.5) is 0 Å². The van der Waals surface area contributed by atoms with Crippen LogP contribution >= 0.6 is 27.3 Å². The summed E-state index contributed by atoms with van der Waals surface area (Å²) in [7, 11) is 0. The Morgan fingerprint density at radius 3 is 2.91 bits per heavy atom. The number of carbonyl (C=O) groups is 1. The second kappa shape index (κ2) is 3.99. The van der Waals surface area contributed by atoms with E-state index in [1.807, 2.05) is 12.1 Å². The van der Waals surface area contributed by atoms with Crippen molar-refractivity contribution >= 4 is 33.6 Å². The minimum atomic E-state index is -0.361. The number of carbonyl (C=O) groups excluding carboxylic acids is 1. The van der Waals surface area contributed by atoms with Crippen molar-refractivity contribution < 1.29 is 4.79 Å². The van der Waals surface area contributed by atoms with E-state index in [9.17, 15) is 4.79 Å². The molecule has 0 fully saturated rings. The summed E-state index contributed by atoms with van der Waals surface area (Å²) in [4.78, 5) is 11.3. The van der Waals surface area contributed by atoms with Crippen LogP contribution in [0, 0.1) is 0 Å². The monoisotopic (exact) mass is 233 g/mol. The SMILES string of the molecule is N[C@@H](C=O)Cc1ccc(Br)s1. The standard InChI is InChI=1S/C7H8BrNOS/c8-7-2-1-6(11-7)3-5(9)4-10/h1-2,4-5H,3,9H2/t5-/m1/s1. The van der Waals surface area contributed by atoms with Gasteiger partial charge in [0.05, 0.1) is 9.83 Å². The molecule has 0 bridgehead atoms. The Morgan fingerprint density at radius 2 is 2.45 bits per heavy atom. The van der Waals surface area contributed by atoms with Crippen molar-refractivity contribution in [2.75, 3.05) is 0 Å². The van der Waals surface area contributed by atoms with E-state index in [2.05, 4.69) is 15.9 Å².